The number of nitrogens with zero attached hydrogens (tertiary/aromatic N) is 1. The lowest BCUT2D eigenvalue weighted by Crippen LogP contribution is -2.24. The highest BCUT2D eigenvalue weighted by molar-refractivity contribution is 6.47. The average Bonchev–Trinajstić information content (AvgIpc) is 2.76. The van der Waals surface area contributed by atoms with E-state index in [0.717, 1.165) is 0 Å². The summed E-state index contributed by atoms with van der Waals surface area (Å²) in [6.07, 6.45) is -1.38. The highest BCUT2D eigenvalue weighted by Crippen LogP contribution is 2.19. The van der Waals surface area contributed by atoms with Crippen LogP contribution in [0.5, 0.6) is 5.75 Å². The first-order valence-electron chi connectivity index (χ1n) is 8.53. The second kappa shape index (κ2) is 8.75. The summed E-state index contributed by atoms with van der Waals surface area (Å²) >= 11 is 0. The highest BCUT2D eigenvalue weighted by Gasteiger charge is 2.24. The maximum atomic E-state index is 12.6. The molecule has 6 heteroatoms. The van der Waals surface area contributed by atoms with Crippen molar-refractivity contribution in [2.24, 2.45) is 10.9 Å². The average molecular weight is 374 g/mol. The molecule has 0 fully saturated rings. The maximum Gasteiger partial charge on any atom is 0.343 e. The van der Waals surface area contributed by atoms with Crippen molar-refractivity contribution in [1.29, 1.82) is 0 Å². The smallest absolute Gasteiger partial charge is 0.343 e. The standard InChI is InChI=1S/C22H18N2O4/c23-24-19(21(26)20(25)16-7-3-1-4-8-16)15-11-13-18(14-12-15)28-22(27)17-9-5-2-6-10-17/h1-14,20,25H,23H2/b24-19+. The van der Waals surface area contributed by atoms with Crippen LogP contribution in [0, 0.1) is 0 Å². The zero-order chi connectivity index (χ0) is 19.9. The van der Waals surface area contributed by atoms with E-state index >= 15 is 0 Å². The Morgan fingerprint density at radius 1 is 0.821 bits per heavy atom. The molecule has 3 rings (SSSR count). The molecule has 0 amide bonds. The number of Topliss-reactive ketones (excluding diaryl/α,β-unsaturated/α-hetero) is 1. The van der Waals surface area contributed by atoms with E-state index in [1.54, 1.807) is 72.8 Å². The largest absolute Gasteiger partial charge is 0.423 e. The van der Waals surface area contributed by atoms with E-state index in [1.165, 1.54) is 12.1 Å². The normalized spacial score (nSPS) is 12.2. The van der Waals surface area contributed by atoms with Crippen molar-refractivity contribution in [2.75, 3.05) is 0 Å². The van der Waals surface area contributed by atoms with E-state index in [2.05, 4.69) is 5.10 Å². The SMILES string of the molecule is N/N=C(/C(=O)C(O)c1ccccc1)c1ccc(OC(=O)c2ccccc2)cc1. The van der Waals surface area contributed by atoms with Crippen LogP contribution >= 0.6 is 0 Å². The Kier molecular flexibility index (Phi) is 5.94. The molecular weight excluding hydrogens is 356 g/mol. The predicted molar refractivity (Wildman–Crippen MR) is 105 cm³/mol. The lowest BCUT2D eigenvalue weighted by atomic mass is 9.98. The van der Waals surface area contributed by atoms with Crippen molar-refractivity contribution in [3.05, 3.63) is 102 Å². The molecule has 3 N–H and O–H groups in total. The predicted octanol–water partition coefficient (Wildman–Crippen LogP) is 2.87. The van der Waals surface area contributed by atoms with Crippen molar-refractivity contribution >= 4 is 17.5 Å². The monoisotopic (exact) mass is 374 g/mol. The van der Waals surface area contributed by atoms with E-state index < -0.39 is 17.9 Å². The maximum absolute atomic E-state index is 12.6. The summed E-state index contributed by atoms with van der Waals surface area (Å²) in [7, 11) is 0. The Morgan fingerprint density at radius 2 is 1.39 bits per heavy atom. The van der Waals surface area contributed by atoms with Crippen LogP contribution in [0.3, 0.4) is 0 Å². The second-order valence-electron chi connectivity index (χ2n) is 5.94. The lowest BCUT2D eigenvalue weighted by molar-refractivity contribution is -0.120. The van der Waals surface area contributed by atoms with Crippen LogP contribution in [0.25, 0.3) is 0 Å². The van der Waals surface area contributed by atoms with E-state index in [4.69, 9.17) is 10.6 Å². The van der Waals surface area contributed by atoms with Gasteiger partial charge in [0.1, 0.15) is 17.6 Å². The molecule has 0 radical (unpaired) electrons. The van der Waals surface area contributed by atoms with E-state index in [0.29, 0.717) is 22.4 Å². The number of esters is 1. The Hall–Kier alpha value is -3.77. The topological polar surface area (TPSA) is 102 Å². The number of rotatable bonds is 6. The summed E-state index contributed by atoms with van der Waals surface area (Å²) in [6, 6.07) is 23.3. The van der Waals surface area contributed by atoms with Crippen LogP contribution in [0.15, 0.2) is 90.0 Å². The minimum Gasteiger partial charge on any atom is -0.423 e. The molecular formula is C22H18N2O4. The number of hydrogen-bond donors (Lipinski definition) is 2. The number of carbonyl (C=O) groups excluding carboxylic acids is 2. The van der Waals surface area contributed by atoms with E-state index in [1.807, 2.05) is 0 Å². The van der Waals surface area contributed by atoms with Gasteiger partial charge in [-0.25, -0.2) is 4.79 Å². The van der Waals surface area contributed by atoms with Gasteiger partial charge in [-0.15, -0.1) is 0 Å². The first-order valence-corrected chi connectivity index (χ1v) is 8.53. The van der Waals surface area contributed by atoms with Gasteiger partial charge in [-0.05, 0) is 42.0 Å². The molecule has 6 nitrogen and oxygen atoms in total. The minimum atomic E-state index is -1.38. The molecule has 0 heterocycles. The third-order valence-corrected chi connectivity index (χ3v) is 4.07. The molecule has 3 aromatic rings. The van der Waals surface area contributed by atoms with Gasteiger partial charge in [0.25, 0.3) is 0 Å². The molecule has 0 saturated carbocycles. The fourth-order valence-electron chi connectivity index (χ4n) is 2.62. The Bertz CT molecular complexity index is 984. The van der Waals surface area contributed by atoms with Crippen molar-refractivity contribution in [1.82, 2.24) is 0 Å². The molecule has 0 saturated heterocycles. The van der Waals surface area contributed by atoms with Gasteiger partial charge in [0.15, 0.2) is 0 Å². The molecule has 3 aromatic carbocycles. The first-order chi connectivity index (χ1) is 13.6. The Morgan fingerprint density at radius 3 is 1.96 bits per heavy atom. The summed E-state index contributed by atoms with van der Waals surface area (Å²) in [5, 5.41) is 13.8. The Labute approximate surface area is 161 Å². The van der Waals surface area contributed by atoms with E-state index in [-0.39, 0.29) is 5.71 Å². The summed E-state index contributed by atoms with van der Waals surface area (Å²) < 4.78 is 5.30. The molecule has 1 unspecified atom stereocenters. The summed E-state index contributed by atoms with van der Waals surface area (Å²) in [5.74, 6) is 4.59. The third kappa shape index (κ3) is 4.31. The van der Waals surface area contributed by atoms with Crippen molar-refractivity contribution in [3.8, 4) is 5.75 Å². The Balaban J connectivity index is 1.74. The van der Waals surface area contributed by atoms with Crippen molar-refractivity contribution in [2.45, 2.75) is 6.10 Å². The van der Waals surface area contributed by atoms with Gasteiger partial charge < -0.3 is 15.7 Å². The van der Waals surface area contributed by atoms with Crippen molar-refractivity contribution < 1.29 is 19.4 Å². The van der Waals surface area contributed by atoms with Crippen LogP contribution in [0.2, 0.25) is 0 Å². The van der Waals surface area contributed by atoms with Gasteiger partial charge in [-0.2, -0.15) is 5.10 Å². The van der Waals surface area contributed by atoms with Crippen molar-refractivity contribution in [3.63, 3.8) is 0 Å². The number of benzene rings is 3. The van der Waals surface area contributed by atoms with Crippen LogP contribution < -0.4 is 10.6 Å². The molecule has 28 heavy (non-hydrogen) atoms. The van der Waals surface area contributed by atoms with Gasteiger partial charge >= 0.3 is 5.97 Å². The minimum absolute atomic E-state index is 0.0720. The summed E-state index contributed by atoms with van der Waals surface area (Å²) in [6.45, 7) is 0. The number of ketones is 1. The molecule has 0 aromatic heterocycles. The third-order valence-electron chi connectivity index (χ3n) is 4.07. The van der Waals surface area contributed by atoms with Gasteiger partial charge in [0.05, 0.1) is 5.56 Å². The number of aliphatic hydroxyl groups is 1. The number of hydrazone groups is 1. The summed E-state index contributed by atoms with van der Waals surface area (Å²) in [5.41, 5.74) is 1.21. The number of aliphatic hydroxyl groups excluding tert-OH is 1. The summed E-state index contributed by atoms with van der Waals surface area (Å²) in [4.78, 5) is 24.7. The fraction of sp³-hybridized carbons (Fsp3) is 0.0455. The van der Waals surface area contributed by atoms with E-state index in [9.17, 15) is 14.7 Å². The molecule has 0 bridgehead atoms. The number of hydrogen-bond acceptors (Lipinski definition) is 6. The molecule has 140 valence electrons. The molecule has 0 aliphatic rings. The van der Waals surface area contributed by atoms with Gasteiger partial charge in [0.2, 0.25) is 5.78 Å². The number of ether oxygens (including phenoxy) is 1. The molecule has 0 aliphatic heterocycles. The molecule has 1 atom stereocenters. The fourth-order valence-corrected chi connectivity index (χ4v) is 2.62. The number of nitrogens with two attached hydrogens (primary N) is 1. The molecule has 0 aliphatic carbocycles. The van der Waals surface area contributed by atoms with Gasteiger partial charge in [-0.1, -0.05) is 48.5 Å². The second-order valence-corrected chi connectivity index (χ2v) is 5.94. The number of carbonyl (C=O) groups is 2. The zero-order valence-electron chi connectivity index (χ0n) is 14.9. The van der Waals surface area contributed by atoms with Gasteiger partial charge in [-0.3, -0.25) is 4.79 Å². The lowest BCUT2D eigenvalue weighted by Gasteiger charge is -2.12. The highest BCUT2D eigenvalue weighted by atomic mass is 16.5. The van der Waals surface area contributed by atoms with Crippen LogP contribution in [0.4, 0.5) is 0 Å². The first kappa shape index (κ1) is 19.0. The quantitative estimate of drug-likeness (QED) is 0.227. The van der Waals surface area contributed by atoms with Crippen LogP contribution in [-0.2, 0) is 4.79 Å². The molecule has 0 spiro atoms. The van der Waals surface area contributed by atoms with Crippen LogP contribution in [-0.4, -0.2) is 22.6 Å². The van der Waals surface area contributed by atoms with Gasteiger partial charge in [0, 0.05) is 5.56 Å². The zero-order valence-corrected chi connectivity index (χ0v) is 14.9. The van der Waals surface area contributed by atoms with Crippen LogP contribution in [0.1, 0.15) is 27.6 Å².